The topological polar surface area (TPSA) is 29.9 Å². The van der Waals surface area contributed by atoms with E-state index >= 15 is 0 Å². The third-order valence-corrected chi connectivity index (χ3v) is 3.43. The Balaban J connectivity index is 2.03. The molecule has 1 aromatic carbocycles. The number of hydrogen-bond acceptors (Lipinski definition) is 2. The van der Waals surface area contributed by atoms with Gasteiger partial charge in [-0.05, 0) is 37.6 Å². The number of hydrogen-bond donors (Lipinski definition) is 1. The molecule has 0 bridgehead atoms. The van der Waals surface area contributed by atoms with E-state index < -0.39 is 0 Å². The van der Waals surface area contributed by atoms with Crippen LogP contribution in [0.1, 0.15) is 24.6 Å². The summed E-state index contributed by atoms with van der Waals surface area (Å²) in [6, 6.07) is 4.79. The minimum absolute atomic E-state index is 0.287. The maximum atomic E-state index is 13.4. The first kappa shape index (κ1) is 11.7. The summed E-state index contributed by atoms with van der Waals surface area (Å²) in [5.41, 5.74) is 1.76. The SMILES string of the molecule is Fc1cc(Cl)cc(-n2cncc2C2CCCN2)c1. The van der Waals surface area contributed by atoms with Gasteiger partial charge in [0, 0.05) is 11.1 Å². The van der Waals surface area contributed by atoms with E-state index in [1.807, 2.05) is 10.8 Å². The van der Waals surface area contributed by atoms with Gasteiger partial charge in [0.2, 0.25) is 0 Å². The highest BCUT2D eigenvalue weighted by atomic mass is 35.5. The molecule has 0 radical (unpaired) electrons. The number of nitrogens with one attached hydrogen (secondary N) is 1. The molecule has 3 nitrogen and oxygen atoms in total. The summed E-state index contributed by atoms with van der Waals surface area (Å²) in [5, 5.41) is 3.80. The van der Waals surface area contributed by atoms with Crippen molar-refractivity contribution in [2.75, 3.05) is 6.54 Å². The second-order valence-electron chi connectivity index (χ2n) is 4.47. The van der Waals surface area contributed by atoms with E-state index in [1.165, 1.54) is 12.1 Å². The van der Waals surface area contributed by atoms with Gasteiger partial charge in [-0.25, -0.2) is 9.37 Å². The molecule has 94 valence electrons. The predicted molar refractivity (Wildman–Crippen MR) is 68.5 cm³/mol. The minimum Gasteiger partial charge on any atom is -0.309 e. The van der Waals surface area contributed by atoms with Crippen molar-refractivity contribution in [3.05, 3.63) is 47.3 Å². The van der Waals surface area contributed by atoms with Crippen LogP contribution in [0.15, 0.2) is 30.7 Å². The Morgan fingerprint density at radius 2 is 2.28 bits per heavy atom. The number of aromatic nitrogens is 2. The van der Waals surface area contributed by atoms with Gasteiger partial charge in [0.1, 0.15) is 5.82 Å². The summed E-state index contributed by atoms with van der Waals surface area (Å²) in [7, 11) is 0. The van der Waals surface area contributed by atoms with Crippen molar-refractivity contribution in [3.8, 4) is 5.69 Å². The van der Waals surface area contributed by atoms with Crippen LogP contribution < -0.4 is 5.32 Å². The molecule has 1 aliphatic heterocycles. The van der Waals surface area contributed by atoms with Crippen LogP contribution in [0.2, 0.25) is 5.02 Å². The average molecular weight is 266 g/mol. The van der Waals surface area contributed by atoms with Crippen LogP contribution in [0.4, 0.5) is 4.39 Å². The summed E-state index contributed by atoms with van der Waals surface area (Å²) in [6.07, 6.45) is 5.75. The molecule has 1 fully saturated rings. The minimum atomic E-state index is -0.337. The molecule has 1 aromatic heterocycles. The molecule has 5 heteroatoms. The zero-order chi connectivity index (χ0) is 12.5. The quantitative estimate of drug-likeness (QED) is 0.904. The van der Waals surface area contributed by atoms with Gasteiger partial charge in [0.25, 0.3) is 0 Å². The Hall–Kier alpha value is -1.39. The highest BCUT2D eigenvalue weighted by Crippen LogP contribution is 2.26. The lowest BCUT2D eigenvalue weighted by molar-refractivity contribution is 0.609. The molecule has 2 aromatic rings. The predicted octanol–water partition coefficient (Wildman–Crippen LogP) is 3.09. The van der Waals surface area contributed by atoms with Crippen LogP contribution in [0.5, 0.6) is 0 Å². The molecule has 0 amide bonds. The third kappa shape index (κ3) is 2.13. The van der Waals surface area contributed by atoms with Gasteiger partial charge in [-0.2, -0.15) is 0 Å². The maximum Gasteiger partial charge on any atom is 0.126 e. The Bertz CT molecular complexity index is 541. The van der Waals surface area contributed by atoms with Gasteiger partial charge in [0.05, 0.1) is 23.9 Å². The molecule has 1 atom stereocenters. The van der Waals surface area contributed by atoms with Gasteiger partial charge in [-0.15, -0.1) is 0 Å². The first-order valence-electron chi connectivity index (χ1n) is 5.96. The Labute approximate surface area is 110 Å². The van der Waals surface area contributed by atoms with Gasteiger partial charge in [-0.3, -0.25) is 0 Å². The van der Waals surface area contributed by atoms with E-state index in [0.29, 0.717) is 10.7 Å². The van der Waals surface area contributed by atoms with Crippen molar-refractivity contribution < 1.29 is 4.39 Å². The molecule has 0 aliphatic carbocycles. The molecule has 0 saturated carbocycles. The van der Waals surface area contributed by atoms with Crippen molar-refractivity contribution in [1.29, 1.82) is 0 Å². The first-order chi connectivity index (χ1) is 8.74. The van der Waals surface area contributed by atoms with Crippen LogP contribution in [-0.2, 0) is 0 Å². The van der Waals surface area contributed by atoms with E-state index in [2.05, 4.69) is 10.3 Å². The molecular formula is C13H13ClFN3. The Morgan fingerprint density at radius 1 is 1.39 bits per heavy atom. The molecule has 1 aliphatic rings. The number of nitrogens with zero attached hydrogens (tertiary/aromatic N) is 2. The fraction of sp³-hybridized carbons (Fsp3) is 0.308. The van der Waals surface area contributed by atoms with Crippen LogP contribution in [0, 0.1) is 5.82 Å². The molecule has 3 rings (SSSR count). The monoisotopic (exact) mass is 265 g/mol. The van der Waals surface area contributed by atoms with Crippen LogP contribution in [-0.4, -0.2) is 16.1 Å². The largest absolute Gasteiger partial charge is 0.309 e. The van der Waals surface area contributed by atoms with E-state index in [0.717, 1.165) is 25.1 Å². The Kier molecular flexibility index (Phi) is 3.06. The van der Waals surface area contributed by atoms with Crippen molar-refractivity contribution in [2.24, 2.45) is 0 Å². The van der Waals surface area contributed by atoms with Crippen molar-refractivity contribution in [2.45, 2.75) is 18.9 Å². The van der Waals surface area contributed by atoms with E-state index in [4.69, 9.17) is 11.6 Å². The smallest absolute Gasteiger partial charge is 0.126 e. The fourth-order valence-electron chi connectivity index (χ4n) is 2.39. The molecule has 18 heavy (non-hydrogen) atoms. The van der Waals surface area contributed by atoms with Crippen molar-refractivity contribution in [1.82, 2.24) is 14.9 Å². The van der Waals surface area contributed by atoms with Gasteiger partial charge in [0.15, 0.2) is 0 Å². The standard InChI is InChI=1S/C13H13ClFN3/c14-9-4-10(15)6-11(5-9)18-8-16-7-13(18)12-2-1-3-17-12/h4-8,12,17H,1-3H2. The molecule has 1 unspecified atom stereocenters. The van der Waals surface area contributed by atoms with Gasteiger partial charge >= 0.3 is 0 Å². The second kappa shape index (κ2) is 4.71. The normalized spacial score (nSPS) is 19.3. The van der Waals surface area contributed by atoms with E-state index in [9.17, 15) is 4.39 Å². The van der Waals surface area contributed by atoms with Crippen LogP contribution in [0.3, 0.4) is 0 Å². The molecule has 1 N–H and O–H groups in total. The van der Waals surface area contributed by atoms with Crippen LogP contribution >= 0.6 is 11.6 Å². The zero-order valence-electron chi connectivity index (χ0n) is 9.74. The van der Waals surface area contributed by atoms with Crippen molar-refractivity contribution in [3.63, 3.8) is 0 Å². The zero-order valence-corrected chi connectivity index (χ0v) is 10.5. The number of benzene rings is 1. The molecular weight excluding hydrogens is 253 g/mol. The van der Waals surface area contributed by atoms with Crippen LogP contribution in [0.25, 0.3) is 5.69 Å². The lowest BCUT2D eigenvalue weighted by Crippen LogP contribution is -2.16. The van der Waals surface area contributed by atoms with Gasteiger partial charge < -0.3 is 9.88 Å². The number of halogens is 2. The lowest BCUT2D eigenvalue weighted by atomic mass is 10.1. The molecule has 1 saturated heterocycles. The molecule has 0 spiro atoms. The fourth-order valence-corrected chi connectivity index (χ4v) is 2.61. The van der Waals surface area contributed by atoms with E-state index in [-0.39, 0.29) is 11.9 Å². The van der Waals surface area contributed by atoms with Crippen molar-refractivity contribution >= 4 is 11.6 Å². The summed E-state index contributed by atoms with van der Waals surface area (Å²) in [4.78, 5) is 4.16. The highest BCUT2D eigenvalue weighted by molar-refractivity contribution is 6.30. The second-order valence-corrected chi connectivity index (χ2v) is 4.90. The lowest BCUT2D eigenvalue weighted by Gasteiger charge is -2.14. The maximum absolute atomic E-state index is 13.4. The number of rotatable bonds is 2. The first-order valence-corrected chi connectivity index (χ1v) is 6.34. The summed E-state index contributed by atoms with van der Waals surface area (Å²) >= 11 is 5.89. The molecule has 2 heterocycles. The summed E-state index contributed by atoms with van der Waals surface area (Å²) in [6.45, 7) is 1.01. The third-order valence-electron chi connectivity index (χ3n) is 3.21. The number of imidazole rings is 1. The van der Waals surface area contributed by atoms with E-state index in [1.54, 1.807) is 12.4 Å². The summed E-state index contributed by atoms with van der Waals surface area (Å²) in [5.74, 6) is -0.337. The van der Waals surface area contributed by atoms with Gasteiger partial charge in [-0.1, -0.05) is 11.6 Å². The average Bonchev–Trinajstić information content (AvgIpc) is 2.98. The summed E-state index contributed by atoms with van der Waals surface area (Å²) < 4.78 is 15.3. The Morgan fingerprint density at radius 3 is 3.00 bits per heavy atom. The highest BCUT2D eigenvalue weighted by Gasteiger charge is 2.20.